The van der Waals surface area contributed by atoms with Crippen molar-refractivity contribution in [1.29, 1.82) is 5.26 Å². The van der Waals surface area contributed by atoms with Crippen LogP contribution in [-0.4, -0.2) is 19.6 Å². The van der Waals surface area contributed by atoms with E-state index in [-0.39, 0.29) is 0 Å². The van der Waals surface area contributed by atoms with E-state index in [0.29, 0.717) is 22.5 Å². The zero-order valence-corrected chi connectivity index (χ0v) is 11.3. The van der Waals surface area contributed by atoms with Crippen LogP contribution in [0.3, 0.4) is 0 Å². The van der Waals surface area contributed by atoms with Crippen molar-refractivity contribution in [1.82, 2.24) is 0 Å². The second kappa shape index (κ2) is 5.60. The third-order valence-electron chi connectivity index (χ3n) is 3.88. The third kappa shape index (κ3) is 2.45. The molecule has 2 N–H and O–H groups in total. The summed E-state index contributed by atoms with van der Waals surface area (Å²) in [6, 6.07) is 8.01. The molecule has 2 atom stereocenters. The van der Waals surface area contributed by atoms with Crippen LogP contribution >= 0.6 is 11.6 Å². The first kappa shape index (κ1) is 13.2. The summed E-state index contributed by atoms with van der Waals surface area (Å²) in [5.41, 5.74) is 7.40. The van der Waals surface area contributed by atoms with Gasteiger partial charge in [-0.15, -0.1) is 0 Å². The Hall–Kier alpha value is -1.24. The molecule has 3 nitrogen and oxygen atoms in total. The molecule has 1 aliphatic carbocycles. The predicted octanol–water partition coefficient (Wildman–Crippen LogP) is 2.78. The lowest BCUT2D eigenvalue weighted by Crippen LogP contribution is -2.37. The number of hydrogen-bond acceptors (Lipinski definition) is 3. The first-order chi connectivity index (χ1) is 8.67. The largest absolute Gasteiger partial charge is 0.370 e. The van der Waals surface area contributed by atoms with Crippen molar-refractivity contribution < 1.29 is 0 Å². The highest BCUT2D eigenvalue weighted by Gasteiger charge is 2.30. The van der Waals surface area contributed by atoms with Gasteiger partial charge in [-0.1, -0.05) is 18.0 Å². The van der Waals surface area contributed by atoms with Crippen molar-refractivity contribution in [3.8, 4) is 6.07 Å². The molecule has 1 saturated carbocycles. The number of halogens is 1. The van der Waals surface area contributed by atoms with Crippen LogP contribution in [0.5, 0.6) is 0 Å². The summed E-state index contributed by atoms with van der Waals surface area (Å²) >= 11 is 6.25. The van der Waals surface area contributed by atoms with Gasteiger partial charge in [0, 0.05) is 13.1 Å². The predicted molar refractivity (Wildman–Crippen MR) is 74.8 cm³/mol. The second-order valence-electron chi connectivity index (χ2n) is 4.88. The molecule has 4 heteroatoms. The molecule has 2 unspecified atom stereocenters. The maximum absolute atomic E-state index is 8.84. The molecule has 0 heterocycles. The number of nitriles is 1. The van der Waals surface area contributed by atoms with Gasteiger partial charge >= 0.3 is 0 Å². The highest BCUT2D eigenvalue weighted by atomic mass is 35.5. The Kier molecular flexibility index (Phi) is 4.11. The summed E-state index contributed by atoms with van der Waals surface area (Å²) in [7, 11) is 2.06. The molecule has 1 aromatic carbocycles. The summed E-state index contributed by atoms with van der Waals surface area (Å²) in [6.45, 7) is 0.725. The van der Waals surface area contributed by atoms with E-state index in [1.54, 1.807) is 6.07 Å². The Labute approximate surface area is 113 Å². The third-order valence-corrected chi connectivity index (χ3v) is 4.18. The monoisotopic (exact) mass is 263 g/mol. The zero-order chi connectivity index (χ0) is 13.1. The number of nitrogens with zero attached hydrogens (tertiary/aromatic N) is 2. The van der Waals surface area contributed by atoms with Gasteiger partial charge in [0.15, 0.2) is 0 Å². The van der Waals surface area contributed by atoms with Crippen LogP contribution in [0.25, 0.3) is 0 Å². The molecule has 2 rings (SSSR count). The van der Waals surface area contributed by atoms with Crippen molar-refractivity contribution in [2.24, 2.45) is 11.7 Å². The van der Waals surface area contributed by atoms with Gasteiger partial charge in [-0.2, -0.15) is 5.26 Å². The lowest BCUT2D eigenvalue weighted by Gasteiger charge is -2.31. The first-order valence-corrected chi connectivity index (χ1v) is 6.67. The molecule has 96 valence electrons. The van der Waals surface area contributed by atoms with Gasteiger partial charge in [0.2, 0.25) is 0 Å². The molecule has 1 aliphatic rings. The van der Waals surface area contributed by atoms with E-state index in [4.69, 9.17) is 22.6 Å². The smallest absolute Gasteiger partial charge is 0.0992 e. The minimum absolute atomic E-state index is 0.459. The molecule has 0 amide bonds. The highest BCUT2D eigenvalue weighted by molar-refractivity contribution is 6.33. The molecule has 1 aromatic rings. The Bertz CT molecular complexity index is 467. The lowest BCUT2D eigenvalue weighted by molar-refractivity contribution is 0.474. The Morgan fingerprint density at radius 2 is 2.28 bits per heavy atom. The molecule has 18 heavy (non-hydrogen) atoms. The Morgan fingerprint density at radius 3 is 2.89 bits per heavy atom. The molecule has 0 aliphatic heterocycles. The van der Waals surface area contributed by atoms with Gasteiger partial charge in [0.1, 0.15) is 0 Å². The zero-order valence-electron chi connectivity index (χ0n) is 10.6. The van der Waals surface area contributed by atoms with Gasteiger partial charge in [-0.05, 0) is 43.5 Å². The molecule has 1 fully saturated rings. The molecule has 0 radical (unpaired) electrons. The van der Waals surface area contributed by atoms with E-state index in [1.165, 1.54) is 12.8 Å². The summed E-state index contributed by atoms with van der Waals surface area (Å²) < 4.78 is 0. The summed E-state index contributed by atoms with van der Waals surface area (Å²) in [5.74, 6) is 0.543. The van der Waals surface area contributed by atoms with Gasteiger partial charge in [0.05, 0.1) is 22.3 Å². The fourth-order valence-corrected chi connectivity index (χ4v) is 3.16. The van der Waals surface area contributed by atoms with E-state index in [2.05, 4.69) is 18.0 Å². The average Bonchev–Trinajstić information content (AvgIpc) is 2.86. The molecule has 0 spiro atoms. The van der Waals surface area contributed by atoms with Crippen molar-refractivity contribution in [2.75, 3.05) is 18.5 Å². The minimum Gasteiger partial charge on any atom is -0.370 e. The van der Waals surface area contributed by atoms with Crippen molar-refractivity contribution in [2.45, 2.75) is 25.3 Å². The normalized spacial score (nSPS) is 22.8. The number of benzene rings is 1. The van der Waals surface area contributed by atoms with E-state index < -0.39 is 0 Å². The minimum atomic E-state index is 0.459. The molecular formula is C14H18ClN3. The van der Waals surface area contributed by atoms with Crippen molar-refractivity contribution in [3.63, 3.8) is 0 Å². The topological polar surface area (TPSA) is 53.0 Å². The molecule has 0 bridgehead atoms. The van der Waals surface area contributed by atoms with E-state index >= 15 is 0 Å². The van der Waals surface area contributed by atoms with Crippen LogP contribution in [0.2, 0.25) is 5.02 Å². The number of nitrogens with two attached hydrogens (primary N) is 1. The number of rotatable bonds is 3. The maximum Gasteiger partial charge on any atom is 0.0992 e. The number of anilines is 1. The van der Waals surface area contributed by atoms with Crippen LogP contribution in [0.1, 0.15) is 24.8 Å². The Balaban J connectivity index is 2.23. The van der Waals surface area contributed by atoms with E-state index in [9.17, 15) is 0 Å². The molecular weight excluding hydrogens is 246 g/mol. The van der Waals surface area contributed by atoms with E-state index in [1.807, 2.05) is 12.1 Å². The highest BCUT2D eigenvalue weighted by Crippen LogP contribution is 2.34. The summed E-state index contributed by atoms with van der Waals surface area (Å²) in [5, 5.41) is 9.48. The van der Waals surface area contributed by atoms with Gasteiger partial charge in [-0.3, -0.25) is 0 Å². The summed E-state index contributed by atoms with van der Waals surface area (Å²) in [4.78, 5) is 2.22. The fraction of sp³-hybridized carbons (Fsp3) is 0.500. The SMILES string of the molecule is CN(c1ccc(C#N)cc1Cl)C1CCCC1CN. The first-order valence-electron chi connectivity index (χ1n) is 6.30. The maximum atomic E-state index is 8.84. The standard InChI is InChI=1S/C14H18ClN3/c1-18(13-4-2-3-11(13)9-17)14-6-5-10(8-16)7-12(14)15/h5-7,11,13H,2-4,9,17H2,1H3. The van der Waals surface area contributed by atoms with Crippen LogP contribution in [-0.2, 0) is 0 Å². The van der Waals surface area contributed by atoms with Crippen molar-refractivity contribution >= 4 is 17.3 Å². The second-order valence-corrected chi connectivity index (χ2v) is 5.29. The average molecular weight is 264 g/mol. The van der Waals surface area contributed by atoms with Crippen LogP contribution < -0.4 is 10.6 Å². The quantitative estimate of drug-likeness (QED) is 0.912. The van der Waals surface area contributed by atoms with Crippen LogP contribution in [0.4, 0.5) is 5.69 Å². The van der Waals surface area contributed by atoms with Crippen LogP contribution in [0.15, 0.2) is 18.2 Å². The fourth-order valence-electron chi connectivity index (χ4n) is 2.84. The van der Waals surface area contributed by atoms with Crippen LogP contribution in [0, 0.1) is 17.2 Å². The lowest BCUT2D eigenvalue weighted by atomic mass is 10.0. The van der Waals surface area contributed by atoms with Gasteiger partial charge in [-0.25, -0.2) is 0 Å². The van der Waals surface area contributed by atoms with E-state index in [0.717, 1.165) is 18.7 Å². The van der Waals surface area contributed by atoms with Crippen molar-refractivity contribution in [3.05, 3.63) is 28.8 Å². The van der Waals surface area contributed by atoms with Gasteiger partial charge in [0.25, 0.3) is 0 Å². The Morgan fingerprint density at radius 1 is 1.50 bits per heavy atom. The van der Waals surface area contributed by atoms with Gasteiger partial charge < -0.3 is 10.6 Å². The molecule has 0 saturated heterocycles. The summed E-state index contributed by atoms with van der Waals surface area (Å²) in [6.07, 6.45) is 3.58. The number of hydrogen-bond donors (Lipinski definition) is 1. The molecule has 0 aromatic heterocycles.